The van der Waals surface area contributed by atoms with Crippen LogP contribution >= 0.6 is 0 Å². The number of carbonyl (C=O) groups is 1. The maximum Gasteiger partial charge on any atom is 0.416 e. The van der Waals surface area contributed by atoms with Gasteiger partial charge in [0.25, 0.3) is 0 Å². The van der Waals surface area contributed by atoms with E-state index in [4.69, 9.17) is 5.73 Å². The molecule has 0 aromatic heterocycles. The zero-order valence-corrected chi connectivity index (χ0v) is 13.4. The predicted octanol–water partition coefficient (Wildman–Crippen LogP) is 3.37. The van der Waals surface area contributed by atoms with E-state index in [9.17, 15) is 18.0 Å². The quantitative estimate of drug-likeness (QED) is 0.894. The van der Waals surface area contributed by atoms with Crippen molar-refractivity contribution in [1.29, 1.82) is 0 Å². The van der Waals surface area contributed by atoms with Crippen LogP contribution in [0, 0.1) is 0 Å². The third kappa shape index (κ3) is 4.25. The number of hydrogen-bond acceptors (Lipinski definition) is 2. The van der Waals surface area contributed by atoms with Crippen LogP contribution in [0.4, 0.5) is 13.2 Å². The molecule has 2 rings (SSSR count). The lowest BCUT2D eigenvalue weighted by Gasteiger charge is -2.31. The topological polar surface area (TPSA) is 55.1 Å². The molecule has 128 valence electrons. The van der Waals surface area contributed by atoms with E-state index in [-0.39, 0.29) is 18.0 Å². The van der Waals surface area contributed by atoms with E-state index in [1.807, 2.05) is 0 Å². The Bertz CT molecular complexity index is 561. The van der Waals surface area contributed by atoms with E-state index >= 15 is 0 Å². The van der Waals surface area contributed by atoms with Crippen LogP contribution < -0.4 is 11.1 Å². The van der Waals surface area contributed by atoms with Gasteiger partial charge in [0.15, 0.2) is 0 Å². The number of amides is 1. The standard InChI is InChI=1S/C17H23F3N2O/c1-16(2,11-4-3-5-12(10-11)17(18,19)20)15(23)22-14-8-6-13(21)7-9-14/h3-5,10,13-14H,6-9,21H2,1-2H3,(H,22,23). The minimum atomic E-state index is -4.41. The molecule has 0 unspecified atom stereocenters. The van der Waals surface area contributed by atoms with Gasteiger partial charge in [-0.05, 0) is 51.2 Å². The van der Waals surface area contributed by atoms with Gasteiger partial charge in [-0.15, -0.1) is 0 Å². The monoisotopic (exact) mass is 328 g/mol. The second kappa shape index (κ2) is 6.51. The molecule has 3 N–H and O–H groups in total. The number of carbonyl (C=O) groups excluding carboxylic acids is 1. The van der Waals surface area contributed by atoms with Gasteiger partial charge in [-0.1, -0.05) is 18.2 Å². The van der Waals surface area contributed by atoms with Crippen LogP contribution in [-0.4, -0.2) is 18.0 Å². The van der Waals surface area contributed by atoms with E-state index in [1.165, 1.54) is 6.07 Å². The second-order valence-electron chi connectivity index (χ2n) is 6.79. The molecule has 1 saturated carbocycles. The molecule has 0 atom stereocenters. The molecule has 1 amide bonds. The van der Waals surface area contributed by atoms with Gasteiger partial charge in [0.2, 0.25) is 5.91 Å². The number of nitrogens with two attached hydrogens (primary N) is 1. The first kappa shape index (κ1) is 17.8. The fourth-order valence-electron chi connectivity index (χ4n) is 2.84. The minimum absolute atomic E-state index is 0.0485. The van der Waals surface area contributed by atoms with Crippen LogP contribution in [0.25, 0.3) is 0 Å². The normalized spacial score (nSPS) is 22.7. The van der Waals surface area contributed by atoms with Gasteiger partial charge in [0.05, 0.1) is 11.0 Å². The molecule has 1 aromatic carbocycles. The third-order valence-corrected chi connectivity index (χ3v) is 4.59. The van der Waals surface area contributed by atoms with Crippen molar-refractivity contribution in [3.8, 4) is 0 Å². The van der Waals surface area contributed by atoms with Crippen molar-refractivity contribution in [3.05, 3.63) is 35.4 Å². The van der Waals surface area contributed by atoms with Crippen LogP contribution in [0.5, 0.6) is 0 Å². The number of benzene rings is 1. The Morgan fingerprint density at radius 1 is 1.13 bits per heavy atom. The molecular formula is C17H23F3N2O. The molecular weight excluding hydrogens is 305 g/mol. The first-order valence-electron chi connectivity index (χ1n) is 7.85. The van der Waals surface area contributed by atoms with Gasteiger partial charge in [0, 0.05) is 12.1 Å². The Kier molecular flexibility index (Phi) is 5.04. The van der Waals surface area contributed by atoms with Crippen molar-refractivity contribution in [2.45, 2.75) is 63.2 Å². The van der Waals surface area contributed by atoms with Crippen molar-refractivity contribution in [1.82, 2.24) is 5.32 Å². The lowest BCUT2D eigenvalue weighted by Crippen LogP contribution is -2.47. The van der Waals surface area contributed by atoms with Gasteiger partial charge in [-0.2, -0.15) is 13.2 Å². The lowest BCUT2D eigenvalue weighted by molar-refractivity contribution is -0.138. The molecule has 1 aliphatic carbocycles. The van der Waals surface area contributed by atoms with Crippen molar-refractivity contribution in [2.24, 2.45) is 5.73 Å². The van der Waals surface area contributed by atoms with Crippen LogP contribution in [0.1, 0.15) is 50.7 Å². The van der Waals surface area contributed by atoms with Crippen LogP contribution in [0.15, 0.2) is 24.3 Å². The molecule has 0 spiro atoms. The van der Waals surface area contributed by atoms with Crippen molar-refractivity contribution >= 4 is 5.91 Å². The second-order valence-corrected chi connectivity index (χ2v) is 6.79. The Hall–Kier alpha value is -1.56. The van der Waals surface area contributed by atoms with E-state index in [1.54, 1.807) is 19.9 Å². The number of rotatable bonds is 3. The van der Waals surface area contributed by atoms with Crippen LogP contribution in [0.2, 0.25) is 0 Å². The van der Waals surface area contributed by atoms with E-state index < -0.39 is 17.2 Å². The molecule has 3 nitrogen and oxygen atoms in total. The molecule has 0 saturated heterocycles. The SMILES string of the molecule is CC(C)(C(=O)NC1CCC(N)CC1)c1cccc(C(F)(F)F)c1. The largest absolute Gasteiger partial charge is 0.416 e. The number of nitrogens with one attached hydrogen (secondary N) is 1. The summed E-state index contributed by atoms with van der Waals surface area (Å²) in [5.74, 6) is -0.253. The van der Waals surface area contributed by atoms with Crippen LogP contribution in [-0.2, 0) is 16.4 Å². The number of halogens is 3. The highest BCUT2D eigenvalue weighted by Gasteiger charge is 2.35. The highest BCUT2D eigenvalue weighted by molar-refractivity contribution is 5.87. The summed E-state index contributed by atoms with van der Waals surface area (Å²) in [6.45, 7) is 3.29. The molecule has 23 heavy (non-hydrogen) atoms. The molecule has 6 heteroatoms. The Balaban J connectivity index is 2.12. The van der Waals surface area contributed by atoms with Gasteiger partial charge in [-0.3, -0.25) is 4.79 Å². The summed E-state index contributed by atoms with van der Waals surface area (Å²) in [6, 6.07) is 5.20. The molecule has 0 aliphatic heterocycles. The summed E-state index contributed by atoms with van der Waals surface area (Å²) < 4.78 is 38.6. The van der Waals surface area contributed by atoms with Crippen molar-refractivity contribution in [3.63, 3.8) is 0 Å². The zero-order valence-electron chi connectivity index (χ0n) is 13.4. The molecule has 1 aliphatic rings. The van der Waals surface area contributed by atoms with Crippen molar-refractivity contribution in [2.75, 3.05) is 0 Å². The molecule has 0 heterocycles. The van der Waals surface area contributed by atoms with Crippen LogP contribution in [0.3, 0.4) is 0 Å². The predicted molar refractivity (Wildman–Crippen MR) is 82.8 cm³/mol. The Morgan fingerprint density at radius 2 is 1.70 bits per heavy atom. The Morgan fingerprint density at radius 3 is 2.26 bits per heavy atom. The molecule has 0 bridgehead atoms. The van der Waals surface area contributed by atoms with Gasteiger partial charge < -0.3 is 11.1 Å². The average molecular weight is 328 g/mol. The zero-order chi connectivity index (χ0) is 17.3. The smallest absolute Gasteiger partial charge is 0.353 e. The third-order valence-electron chi connectivity index (χ3n) is 4.59. The molecule has 1 fully saturated rings. The highest BCUT2D eigenvalue weighted by atomic mass is 19.4. The lowest BCUT2D eigenvalue weighted by atomic mass is 9.82. The Labute approximate surface area is 134 Å². The number of hydrogen-bond donors (Lipinski definition) is 2. The average Bonchev–Trinajstić information content (AvgIpc) is 2.49. The summed E-state index contributed by atoms with van der Waals surface area (Å²) in [5.41, 5.74) is 4.44. The van der Waals surface area contributed by atoms with Crippen molar-refractivity contribution < 1.29 is 18.0 Å². The van der Waals surface area contributed by atoms with Gasteiger partial charge >= 0.3 is 6.18 Å². The van der Waals surface area contributed by atoms with E-state index in [0.717, 1.165) is 37.8 Å². The summed E-state index contributed by atoms with van der Waals surface area (Å²) >= 11 is 0. The minimum Gasteiger partial charge on any atom is -0.353 e. The maximum atomic E-state index is 12.9. The summed E-state index contributed by atoms with van der Waals surface area (Å²) in [5, 5.41) is 2.96. The molecule has 0 radical (unpaired) electrons. The first-order valence-corrected chi connectivity index (χ1v) is 7.85. The fraction of sp³-hybridized carbons (Fsp3) is 0.588. The highest BCUT2D eigenvalue weighted by Crippen LogP contribution is 2.33. The first-order chi connectivity index (χ1) is 10.6. The summed E-state index contributed by atoms with van der Waals surface area (Å²) in [7, 11) is 0. The molecule has 1 aromatic rings. The van der Waals surface area contributed by atoms with E-state index in [0.29, 0.717) is 5.56 Å². The fourth-order valence-corrected chi connectivity index (χ4v) is 2.84. The maximum absolute atomic E-state index is 12.9. The van der Waals surface area contributed by atoms with Gasteiger partial charge in [0.1, 0.15) is 0 Å². The summed E-state index contributed by atoms with van der Waals surface area (Å²) in [6.07, 6.45) is -1.08. The van der Waals surface area contributed by atoms with Gasteiger partial charge in [-0.25, -0.2) is 0 Å². The summed E-state index contributed by atoms with van der Waals surface area (Å²) in [4.78, 5) is 12.6. The van der Waals surface area contributed by atoms with E-state index in [2.05, 4.69) is 5.32 Å². The number of alkyl halides is 3.